The van der Waals surface area contributed by atoms with E-state index in [1.807, 2.05) is 4.90 Å². The van der Waals surface area contributed by atoms with Crippen LogP contribution >= 0.6 is 0 Å². The summed E-state index contributed by atoms with van der Waals surface area (Å²) in [6.45, 7) is 10.5. The van der Waals surface area contributed by atoms with Crippen molar-refractivity contribution in [3.63, 3.8) is 0 Å². The third-order valence-corrected chi connectivity index (χ3v) is 5.61. The molecule has 134 valence electrons. The summed E-state index contributed by atoms with van der Waals surface area (Å²) >= 11 is 0. The van der Waals surface area contributed by atoms with Gasteiger partial charge in [0, 0.05) is 30.3 Å². The molecule has 5 heteroatoms. The van der Waals surface area contributed by atoms with Crippen LogP contribution in [0.2, 0.25) is 0 Å². The molecule has 0 amide bonds. The maximum Gasteiger partial charge on any atom is 0.263 e. The average Bonchev–Trinajstić information content (AvgIpc) is 2.48. The maximum absolute atomic E-state index is 14.5. The predicted octanol–water partition coefficient (Wildman–Crippen LogP) is 3.43. The Balaban J connectivity index is 1.88. The van der Waals surface area contributed by atoms with E-state index in [2.05, 4.69) is 18.7 Å². The van der Waals surface area contributed by atoms with E-state index in [4.69, 9.17) is 0 Å². The van der Waals surface area contributed by atoms with Crippen LogP contribution in [0.25, 0.3) is 0 Å². The lowest BCUT2D eigenvalue weighted by molar-refractivity contribution is -0.141. The first kappa shape index (κ1) is 18.8. The first-order chi connectivity index (χ1) is 10.7. The molecule has 0 saturated carbocycles. The van der Waals surface area contributed by atoms with Crippen LogP contribution in [-0.4, -0.2) is 59.8 Å². The molecule has 2 aliphatic heterocycles. The van der Waals surface area contributed by atoms with Gasteiger partial charge in [0.15, 0.2) is 0 Å². The fourth-order valence-corrected chi connectivity index (χ4v) is 3.82. The molecule has 0 aromatic rings. The van der Waals surface area contributed by atoms with Gasteiger partial charge in [-0.25, -0.2) is 8.78 Å². The van der Waals surface area contributed by atoms with Crippen molar-refractivity contribution in [1.29, 1.82) is 0 Å². The Morgan fingerprint density at radius 1 is 1.09 bits per heavy atom. The van der Waals surface area contributed by atoms with Gasteiger partial charge in [0.25, 0.3) is 5.92 Å². The second kappa shape index (κ2) is 7.56. The van der Waals surface area contributed by atoms with Crippen molar-refractivity contribution in [3.05, 3.63) is 0 Å². The first-order valence-corrected chi connectivity index (χ1v) is 9.09. The van der Waals surface area contributed by atoms with Crippen LogP contribution in [0, 0.1) is 11.8 Å². The minimum absolute atomic E-state index is 0.0320. The highest BCUT2D eigenvalue weighted by Crippen LogP contribution is 2.37. The molecule has 0 bridgehead atoms. The predicted molar refractivity (Wildman–Crippen MR) is 88.8 cm³/mol. The molecule has 3 nitrogen and oxygen atoms in total. The largest absolute Gasteiger partial charge is 0.301 e. The topological polar surface area (TPSA) is 23.6 Å². The average molecular weight is 330 g/mol. The molecule has 2 aliphatic rings. The van der Waals surface area contributed by atoms with Crippen LogP contribution in [0.4, 0.5) is 8.78 Å². The van der Waals surface area contributed by atoms with Crippen molar-refractivity contribution >= 4 is 5.78 Å². The zero-order valence-corrected chi connectivity index (χ0v) is 15.0. The summed E-state index contributed by atoms with van der Waals surface area (Å²) in [6, 6.07) is 0.808. The highest BCUT2D eigenvalue weighted by molar-refractivity contribution is 5.80. The van der Waals surface area contributed by atoms with E-state index in [-0.39, 0.29) is 30.7 Å². The molecule has 0 aromatic heterocycles. The lowest BCUT2D eigenvalue weighted by atomic mass is 9.85. The van der Waals surface area contributed by atoms with Crippen molar-refractivity contribution < 1.29 is 13.6 Å². The smallest absolute Gasteiger partial charge is 0.263 e. The van der Waals surface area contributed by atoms with E-state index in [1.165, 1.54) is 0 Å². The number of nitrogens with zero attached hydrogens (tertiary/aromatic N) is 2. The fraction of sp³-hybridized carbons (Fsp3) is 0.944. The summed E-state index contributed by atoms with van der Waals surface area (Å²) in [5.74, 6) is -3.69. The van der Waals surface area contributed by atoms with Crippen LogP contribution in [-0.2, 0) is 4.79 Å². The number of likely N-dealkylation sites (tertiary alicyclic amines) is 2. The Labute approximate surface area is 139 Å². The number of alkyl halides is 2. The molecule has 2 heterocycles. The van der Waals surface area contributed by atoms with Gasteiger partial charge in [-0.3, -0.25) is 9.69 Å². The Morgan fingerprint density at radius 2 is 1.70 bits per heavy atom. The molecule has 0 spiro atoms. The number of piperidine rings is 2. The number of carbonyl (C=O) groups is 1. The van der Waals surface area contributed by atoms with Gasteiger partial charge in [-0.1, -0.05) is 13.8 Å². The maximum atomic E-state index is 14.5. The second-order valence-corrected chi connectivity index (χ2v) is 7.90. The minimum atomic E-state index is -2.74. The standard InChI is InChI=1S/C18H32F2N2O/c1-13(2)17(23)11-15-5-8-22(12-18(15,19)20)16-6-9-21(10-7-16)14(3)4/h13-16H,5-12H2,1-4H3. The first-order valence-electron chi connectivity index (χ1n) is 9.09. The molecule has 0 N–H and O–H groups in total. The highest BCUT2D eigenvalue weighted by Gasteiger charge is 2.46. The zero-order valence-electron chi connectivity index (χ0n) is 15.0. The molecule has 0 aromatic carbocycles. The van der Waals surface area contributed by atoms with Crippen molar-refractivity contribution in [2.75, 3.05) is 26.2 Å². The molecule has 23 heavy (non-hydrogen) atoms. The number of ketones is 1. The summed E-state index contributed by atoms with van der Waals surface area (Å²) in [4.78, 5) is 16.2. The van der Waals surface area contributed by atoms with Crippen molar-refractivity contribution in [1.82, 2.24) is 9.80 Å². The van der Waals surface area contributed by atoms with Gasteiger partial charge in [0.1, 0.15) is 5.78 Å². The SMILES string of the molecule is CC(C)C(=O)CC1CCN(C2CCN(C(C)C)CC2)CC1(F)F. The van der Waals surface area contributed by atoms with Crippen LogP contribution in [0.3, 0.4) is 0 Å². The van der Waals surface area contributed by atoms with E-state index in [1.54, 1.807) is 13.8 Å². The van der Waals surface area contributed by atoms with Crippen molar-refractivity contribution in [3.8, 4) is 0 Å². The zero-order chi connectivity index (χ0) is 17.2. The summed E-state index contributed by atoms with van der Waals surface area (Å²) in [5, 5.41) is 0. The molecule has 2 rings (SSSR count). The van der Waals surface area contributed by atoms with Crippen LogP contribution < -0.4 is 0 Å². The van der Waals surface area contributed by atoms with E-state index < -0.39 is 11.8 Å². The van der Waals surface area contributed by atoms with Gasteiger partial charge in [-0.15, -0.1) is 0 Å². The molecule has 0 radical (unpaired) electrons. The fourth-order valence-electron chi connectivity index (χ4n) is 3.82. The molecular weight excluding hydrogens is 298 g/mol. The number of hydrogen-bond acceptors (Lipinski definition) is 3. The molecule has 1 atom stereocenters. The molecule has 2 fully saturated rings. The second-order valence-electron chi connectivity index (χ2n) is 7.90. The Bertz CT molecular complexity index is 404. The number of Topliss-reactive ketones (excluding diaryl/α,β-unsaturated/α-hetero) is 1. The van der Waals surface area contributed by atoms with Crippen molar-refractivity contribution in [2.24, 2.45) is 11.8 Å². The summed E-state index contributed by atoms with van der Waals surface area (Å²) < 4.78 is 29.0. The van der Waals surface area contributed by atoms with Gasteiger partial charge in [-0.2, -0.15) is 0 Å². The van der Waals surface area contributed by atoms with E-state index in [0.717, 1.165) is 25.9 Å². The lowest BCUT2D eigenvalue weighted by Gasteiger charge is -2.45. The third-order valence-electron chi connectivity index (χ3n) is 5.61. The van der Waals surface area contributed by atoms with Crippen LogP contribution in [0.5, 0.6) is 0 Å². The normalized spacial score (nSPS) is 27.7. The molecule has 0 aliphatic carbocycles. The van der Waals surface area contributed by atoms with Crippen LogP contribution in [0.1, 0.15) is 53.4 Å². The van der Waals surface area contributed by atoms with Gasteiger partial charge in [0.2, 0.25) is 0 Å². The van der Waals surface area contributed by atoms with Gasteiger partial charge >= 0.3 is 0 Å². The van der Waals surface area contributed by atoms with Gasteiger partial charge in [-0.05, 0) is 52.7 Å². The molecule has 1 unspecified atom stereocenters. The van der Waals surface area contributed by atoms with E-state index in [9.17, 15) is 13.6 Å². The highest BCUT2D eigenvalue weighted by atomic mass is 19.3. The lowest BCUT2D eigenvalue weighted by Crippen LogP contribution is -2.55. The van der Waals surface area contributed by atoms with E-state index in [0.29, 0.717) is 19.0 Å². The Kier molecular flexibility index (Phi) is 6.17. The third kappa shape index (κ3) is 4.72. The Hall–Kier alpha value is -0.550. The minimum Gasteiger partial charge on any atom is -0.301 e. The summed E-state index contributed by atoms with van der Waals surface area (Å²) in [7, 11) is 0. The van der Waals surface area contributed by atoms with E-state index >= 15 is 0 Å². The molecule has 2 saturated heterocycles. The van der Waals surface area contributed by atoms with Crippen molar-refractivity contribution in [2.45, 2.75) is 71.4 Å². The summed E-state index contributed by atoms with van der Waals surface area (Å²) in [6.07, 6.45) is 2.42. The Morgan fingerprint density at radius 3 is 2.17 bits per heavy atom. The number of carbonyl (C=O) groups excluding carboxylic acids is 1. The quantitative estimate of drug-likeness (QED) is 0.771. The molecular formula is C18H32F2N2O. The number of rotatable bonds is 5. The monoisotopic (exact) mass is 330 g/mol. The number of hydrogen-bond donors (Lipinski definition) is 0. The number of halogens is 2. The summed E-state index contributed by atoms with van der Waals surface area (Å²) in [5.41, 5.74) is 0. The van der Waals surface area contributed by atoms with Gasteiger partial charge < -0.3 is 4.90 Å². The van der Waals surface area contributed by atoms with Gasteiger partial charge in [0.05, 0.1) is 6.54 Å². The van der Waals surface area contributed by atoms with Crippen LogP contribution in [0.15, 0.2) is 0 Å².